The number of nitrogens with zero attached hydrogens (tertiary/aromatic N) is 1. The molecular weight excluding hydrogens is 98.1 g/mol. The third-order valence-electron chi connectivity index (χ3n) is 0.764. The predicted octanol–water partition coefficient (Wildman–Crippen LogP) is 0.863. The number of hydrogen-bond donors (Lipinski definition) is 0. The highest BCUT2D eigenvalue weighted by atomic mass is 14.6. The molecule has 1 nitrogen and oxygen atoms in total. The zero-order valence-electron chi connectivity index (χ0n) is 4.26. The molecule has 1 aromatic rings. The summed E-state index contributed by atoms with van der Waals surface area (Å²) in [4.78, 5) is 3.69. The molecule has 0 aromatic carbocycles. The largest absolute Gasteiger partial charge is 0.253 e. The van der Waals surface area contributed by atoms with Gasteiger partial charge >= 0.3 is 0 Å². The SMILES string of the molecule is C#Cc1[c]nccc1. The molecule has 0 amide bonds. The van der Waals surface area contributed by atoms with E-state index in [1.54, 1.807) is 18.3 Å². The molecular formula is C7H4N. The molecule has 0 unspecified atom stereocenters. The van der Waals surface area contributed by atoms with Gasteiger partial charge in [-0.2, -0.15) is 0 Å². The van der Waals surface area contributed by atoms with Crippen LogP contribution >= 0.6 is 0 Å². The fourth-order valence-corrected chi connectivity index (χ4v) is 0.407. The van der Waals surface area contributed by atoms with Crippen LogP contribution in [0, 0.1) is 18.5 Å². The fourth-order valence-electron chi connectivity index (χ4n) is 0.407. The van der Waals surface area contributed by atoms with E-state index in [0.29, 0.717) is 5.56 Å². The molecule has 0 spiro atoms. The molecule has 1 aromatic heterocycles. The molecule has 8 heavy (non-hydrogen) atoms. The van der Waals surface area contributed by atoms with Crippen molar-refractivity contribution in [2.24, 2.45) is 0 Å². The summed E-state index contributed by atoms with van der Waals surface area (Å²) in [5.41, 5.74) is 0.701. The molecule has 0 saturated carbocycles. The highest BCUT2D eigenvalue weighted by Gasteiger charge is 1.79. The molecule has 1 radical (unpaired) electrons. The van der Waals surface area contributed by atoms with E-state index >= 15 is 0 Å². The van der Waals surface area contributed by atoms with Crippen LogP contribution in [0.4, 0.5) is 0 Å². The number of pyridine rings is 1. The summed E-state index contributed by atoms with van der Waals surface area (Å²) in [6.07, 6.45) is 9.30. The third kappa shape index (κ3) is 0.855. The van der Waals surface area contributed by atoms with E-state index in [9.17, 15) is 0 Å². The molecule has 0 bridgehead atoms. The lowest BCUT2D eigenvalue weighted by Gasteiger charge is -1.80. The Kier molecular flexibility index (Phi) is 1.29. The van der Waals surface area contributed by atoms with Crippen molar-refractivity contribution in [1.29, 1.82) is 0 Å². The highest BCUT2D eigenvalue weighted by molar-refractivity contribution is 5.26. The number of hydrogen-bond acceptors (Lipinski definition) is 1. The van der Waals surface area contributed by atoms with Crippen molar-refractivity contribution in [2.75, 3.05) is 0 Å². The monoisotopic (exact) mass is 102 g/mol. The van der Waals surface area contributed by atoms with Crippen LogP contribution in [0.5, 0.6) is 0 Å². The zero-order chi connectivity index (χ0) is 5.82. The molecule has 1 heteroatoms. The summed E-state index contributed by atoms with van der Waals surface area (Å²) in [7, 11) is 0. The first-order valence-electron chi connectivity index (χ1n) is 2.23. The van der Waals surface area contributed by atoms with E-state index in [0.717, 1.165) is 0 Å². The average Bonchev–Trinajstić information content (AvgIpc) is 1.90. The normalized spacial score (nSPS) is 7.88. The van der Waals surface area contributed by atoms with E-state index in [1.165, 1.54) is 0 Å². The van der Waals surface area contributed by atoms with Crippen LogP contribution in [0.15, 0.2) is 18.3 Å². The van der Waals surface area contributed by atoms with Crippen LogP contribution in [-0.4, -0.2) is 4.98 Å². The highest BCUT2D eigenvalue weighted by Crippen LogP contribution is 1.88. The molecule has 37 valence electrons. The zero-order valence-corrected chi connectivity index (χ0v) is 4.26. The van der Waals surface area contributed by atoms with Crippen LogP contribution in [0.2, 0.25) is 0 Å². The van der Waals surface area contributed by atoms with E-state index in [4.69, 9.17) is 6.42 Å². The van der Waals surface area contributed by atoms with Gasteiger partial charge in [0.2, 0.25) is 0 Å². The Morgan fingerprint density at radius 3 is 3.00 bits per heavy atom. The summed E-state index contributed by atoms with van der Waals surface area (Å²) in [6, 6.07) is 3.57. The van der Waals surface area contributed by atoms with Gasteiger partial charge in [0.05, 0.1) is 5.56 Å². The molecule has 1 heterocycles. The first-order valence-corrected chi connectivity index (χ1v) is 2.23. The average molecular weight is 102 g/mol. The molecule has 0 aliphatic rings. The maximum absolute atomic E-state index is 5.03. The molecule has 0 N–H and O–H groups in total. The summed E-state index contributed by atoms with van der Waals surface area (Å²) in [5.74, 6) is 2.41. The molecule has 0 aliphatic heterocycles. The molecule has 1 rings (SSSR count). The Labute approximate surface area is 48.4 Å². The van der Waals surface area contributed by atoms with Crippen LogP contribution in [0.3, 0.4) is 0 Å². The standard InChI is InChI=1S/C7H4N/c1-2-7-4-3-5-8-6-7/h1,3-5H. The van der Waals surface area contributed by atoms with Crippen LogP contribution in [-0.2, 0) is 0 Å². The van der Waals surface area contributed by atoms with Gasteiger partial charge in [-0.25, -0.2) is 0 Å². The minimum Gasteiger partial charge on any atom is -0.253 e. The van der Waals surface area contributed by atoms with Crippen LogP contribution in [0.25, 0.3) is 0 Å². The minimum absolute atomic E-state index is 0.701. The van der Waals surface area contributed by atoms with Crippen molar-refractivity contribution >= 4 is 0 Å². The van der Waals surface area contributed by atoms with Crippen molar-refractivity contribution in [3.05, 3.63) is 30.1 Å². The van der Waals surface area contributed by atoms with E-state index < -0.39 is 0 Å². The second-order valence-electron chi connectivity index (χ2n) is 1.31. The van der Waals surface area contributed by atoms with E-state index in [1.807, 2.05) is 0 Å². The molecule has 0 saturated heterocycles. The summed E-state index contributed by atoms with van der Waals surface area (Å²) in [5, 5.41) is 0. The first-order chi connectivity index (χ1) is 3.93. The molecule has 0 atom stereocenters. The Hall–Kier alpha value is -1.29. The van der Waals surface area contributed by atoms with Crippen molar-refractivity contribution in [3.8, 4) is 12.3 Å². The Balaban J connectivity index is 3.05. The molecule has 0 fully saturated rings. The van der Waals surface area contributed by atoms with Crippen LogP contribution < -0.4 is 0 Å². The third-order valence-corrected chi connectivity index (χ3v) is 0.764. The summed E-state index contributed by atoms with van der Waals surface area (Å²) >= 11 is 0. The Bertz CT molecular complexity index is 195. The maximum atomic E-state index is 5.03. The van der Waals surface area contributed by atoms with Gasteiger partial charge in [-0.05, 0) is 12.1 Å². The van der Waals surface area contributed by atoms with Crippen molar-refractivity contribution in [1.82, 2.24) is 4.98 Å². The lowest BCUT2D eigenvalue weighted by Crippen LogP contribution is -1.73. The van der Waals surface area contributed by atoms with Gasteiger partial charge in [0.15, 0.2) is 0 Å². The van der Waals surface area contributed by atoms with Gasteiger partial charge in [0, 0.05) is 6.20 Å². The van der Waals surface area contributed by atoms with Gasteiger partial charge in [-0.15, -0.1) is 6.42 Å². The summed E-state index contributed by atoms with van der Waals surface area (Å²) < 4.78 is 0. The maximum Gasteiger partial charge on any atom is 0.105 e. The second-order valence-corrected chi connectivity index (χ2v) is 1.31. The van der Waals surface area contributed by atoms with Gasteiger partial charge < -0.3 is 0 Å². The Morgan fingerprint density at radius 2 is 2.62 bits per heavy atom. The van der Waals surface area contributed by atoms with Gasteiger partial charge in [-0.1, -0.05) is 5.92 Å². The lowest BCUT2D eigenvalue weighted by molar-refractivity contribution is 1.30. The van der Waals surface area contributed by atoms with Gasteiger partial charge in [0.1, 0.15) is 6.20 Å². The quantitative estimate of drug-likeness (QED) is 0.443. The Morgan fingerprint density at radius 1 is 1.75 bits per heavy atom. The van der Waals surface area contributed by atoms with E-state index in [-0.39, 0.29) is 0 Å². The van der Waals surface area contributed by atoms with Crippen molar-refractivity contribution in [2.45, 2.75) is 0 Å². The first kappa shape index (κ1) is 4.86. The fraction of sp³-hybridized carbons (Fsp3) is 0. The van der Waals surface area contributed by atoms with Gasteiger partial charge in [0.25, 0.3) is 0 Å². The number of rotatable bonds is 0. The smallest absolute Gasteiger partial charge is 0.105 e. The summed E-state index contributed by atoms with van der Waals surface area (Å²) in [6.45, 7) is 0. The minimum atomic E-state index is 0.701. The second kappa shape index (κ2) is 2.13. The van der Waals surface area contributed by atoms with Crippen LogP contribution in [0.1, 0.15) is 5.56 Å². The van der Waals surface area contributed by atoms with Crippen molar-refractivity contribution < 1.29 is 0 Å². The predicted molar refractivity (Wildman–Crippen MR) is 31.0 cm³/mol. The number of aromatic nitrogens is 1. The van der Waals surface area contributed by atoms with E-state index in [2.05, 4.69) is 17.1 Å². The topological polar surface area (TPSA) is 12.9 Å². The lowest BCUT2D eigenvalue weighted by atomic mass is 10.3. The number of terminal acetylenes is 1. The van der Waals surface area contributed by atoms with Gasteiger partial charge in [-0.3, -0.25) is 4.98 Å². The van der Waals surface area contributed by atoms with Crippen molar-refractivity contribution in [3.63, 3.8) is 0 Å². The molecule has 0 aliphatic carbocycles.